The van der Waals surface area contributed by atoms with E-state index in [1.54, 1.807) is 30.4 Å². The lowest BCUT2D eigenvalue weighted by Gasteiger charge is -2.29. The molecule has 9 nitrogen and oxygen atoms in total. The van der Waals surface area contributed by atoms with Gasteiger partial charge < -0.3 is 30.4 Å². The summed E-state index contributed by atoms with van der Waals surface area (Å²) in [5.41, 5.74) is 9.78. The minimum atomic E-state index is -0.691. The highest BCUT2D eigenvalue weighted by Crippen LogP contribution is 2.32. The Morgan fingerprint density at radius 2 is 1.82 bits per heavy atom. The summed E-state index contributed by atoms with van der Waals surface area (Å²) in [6.07, 6.45) is 2.87. The molecule has 1 aliphatic heterocycles. The first kappa shape index (κ1) is 30.6. The Morgan fingerprint density at radius 3 is 2.52 bits per heavy atom. The maximum absolute atomic E-state index is 14.1. The standard InChI is InChI=1S/C35H38N4O5/c1-35(2,37-21-27-7-6-18-44-27)20-32(40)38-30-16-14-25-19-26(43-3)15-17-31(25)39(34(30)42)22-23-10-12-24(13-11-23)28-8-4-5-9-29(28)33(36)41/h4-13,15,17-19,30,37H,14,16,20-22H2,1-3H3,(H2,36,41)(H,38,40). The molecule has 1 aliphatic rings. The summed E-state index contributed by atoms with van der Waals surface area (Å²) in [5.74, 6) is 0.622. The van der Waals surface area contributed by atoms with Crippen molar-refractivity contribution in [2.75, 3.05) is 12.0 Å². The highest BCUT2D eigenvalue weighted by Gasteiger charge is 2.33. The van der Waals surface area contributed by atoms with E-state index in [2.05, 4.69) is 10.6 Å². The third-order valence-corrected chi connectivity index (χ3v) is 7.90. The summed E-state index contributed by atoms with van der Waals surface area (Å²) in [4.78, 5) is 41.0. The second kappa shape index (κ2) is 13.2. The first-order valence-electron chi connectivity index (χ1n) is 14.7. The lowest BCUT2D eigenvalue weighted by molar-refractivity contribution is -0.128. The predicted octanol–water partition coefficient (Wildman–Crippen LogP) is 4.98. The van der Waals surface area contributed by atoms with Crippen molar-refractivity contribution in [3.8, 4) is 16.9 Å². The number of amides is 3. The highest BCUT2D eigenvalue weighted by molar-refractivity contribution is 6.01. The van der Waals surface area contributed by atoms with Crippen molar-refractivity contribution in [3.63, 3.8) is 0 Å². The fourth-order valence-electron chi connectivity index (χ4n) is 5.55. The lowest BCUT2D eigenvalue weighted by atomic mass is 9.98. The number of methoxy groups -OCH3 is 1. The molecule has 4 aromatic rings. The molecule has 0 saturated carbocycles. The van der Waals surface area contributed by atoms with Crippen LogP contribution in [0.4, 0.5) is 5.69 Å². The number of nitrogens with zero attached hydrogens (tertiary/aromatic N) is 1. The highest BCUT2D eigenvalue weighted by atomic mass is 16.5. The third kappa shape index (κ3) is 7.18. The molecular weight excluding hydrogens is 556 g/mol. The SMILES string of the molecule is COc1ccc2c(c1)CCC(NC(=O)CC(C)(C)NCc1ccco1)C(=O)N2Cc1ccc(-c2ccccc2C(N)=O)cc1. The molecule has 0 radical (unpaired) electrons. The molecule has 9 heteroatoms. The number of rotatable bonds is 11. The molecule has 1 atom stereocenters. The number of hydrogen-bond donors (Lipinski definition) is 3. The van der Waals surface area contributed by atoms with E-state index >= 15 is 0 Å². The molecule has 0 bridgehead atoms. The fraction of sp³-hybridized carbons (Fsp3) is 0.286. The van der Waals surface area contributed by atoms with Crippen LogP contribution in [0.5, 0.6) is 5.75 Å². The molecule has 0 saturated heterocycles. The molecule has 1 aromatic heterocycles. The van der Waals surface area contributed by atoms with Gasteiger partial charge in [0, 0.05) is 23.2 Å². The summed E-state index contributed by atoms with van der Waals surface area (Å²) >= 11 is 0. The molecule has 228 valence electrons. The van der Waals surface area contributed by atoms with Crippen molar-refractivity contribution in [1.29, 1.82) is 0 Å². The number of ether oxygens (including phenoxy) is 1. The largest absolute Gasteiger partial charge is 0.497 e. The molecule has 0 spiro atoms. The van der Waals surface area contributed by atoms with Crippen molar-refractivity contribution in [3.05, 3.63) is 108 Å². The number of anilines is 1. The Labute approximate surface area is 257 Å². The Hall–Kier alpha value is -4.89. The van der Waals surface area contributed by atoms with Crippen molar-refractivity contribution in [1.82, 2.24) is 10.6 Å². The molecule has 3 aromatic carbocycles. The number of carbonyl (C=O) groups is 3. The van der Waals surface area contributed by atoms with Gasteiger partial charge >= 0.3 is 0 Å². The van der Waals surface area contributed by atoms with Crippen LogP contribution in [0.3, 0.4) is 0 Å². The number of benzene rings is 3. The normalized spacial score (nSPS) is 14.9. The summed E-state index contributed by atoms with van der Waals surface area (Å²) in [7, 11) is 1.62. The van der Waals surface area contributed by atoms with Gasteiger partial charge in [0.05, 0.1) is 26.5 Å². The monoisotopic (exact) mass is 594 g/mol. The van der Waals surface area contributed by atoms with Crippen LogP contribution in [-0.2, 0) is 29.1 Å². The molecule has 5 rings (SSSR count). The number of nitrogens with two attached hydrogens (primary N) is 1. The van der Waals surface area contributed by atoms with Crippen molar-refractivity contribution < 1.29 is 23.5 Å². The van der Waals surface area contributed by atoms with Gasteiger partial charge in [-0.1, -0.05) is 42.5 Å². The van der Waals surface area contributed by atoms with E-state index in [4.69, 9.17) is 14.9 Å². The Balaban J connectivity index is 1.34. The zero-order valence-corrected chi connectivity index (χ0v) is 25.3. The number of primary amides is 1. The van der Waals surface area contributed by atoms with Gasteiger partial charge in [0.2, 0.25) is 17.7 Å². The quantitative estimate of drug-likeness (QED) is 0.225. The number of fused-ring (bicyclic) bond motifs is 1. The first-order valence-corrected chi connectivity index (χ1v) is 14.7. The van der Waals surface area contributed by atoms with Crippen LogP contribution in [0.2, 0.25) is 0 Å². The maximum atomic E-state index is 14.1. The second-order valence-corrected chi connectivity index (χ2v) is 11.7. The topological polar surface area (TPSA) is 127 Å². The maximum Gasteiger partial charge on any atom is 0.249 e. The van der Waals surface area contributed by atoms with Gasteiger partial charge in [-0.2, -0.15) is 0 Å². The van der Waals surface area contributed by atoms with Gasteiger partial charge in [-0.25, -0.2) is 0 Å². The van der Waals surface area contributed by atoms with Crippen LogP contribution < -0.4 is 26.0 Å². The first-order chi connectivity index (χ1) is 21.1. The van der Waals surface area contributed by atoms with Crippen molar-refractivity contribution in [2.45, 2.75) is 57.8 Å². The number of carbonyl (C=O) groups excluding carboxylic acids is 3. The summed E-state index contributed by atoms with van der Waals surface area (Å²) in [6, 6.07) is 23.6. The molecule has 0 fully saturated rings. The van der Waals surface area contributed by atoms with Gasteiger partial charge in [0.25, 0.3) is 0 Å². The van der Waals surface area contributed by atoms with Crippen LogP contribution in [0.15, 0.2) is 89.5 Å². The molecule has 2 heterocycles. The van der Waals surface area contributed by atoms with Crippen LogP contribution in [0.25, 0.3) is 11.1 Å². The van der Waals surface area contributed by atoms with Crippen LogP contribution in [0, 0.1) is 0 Å². The number of nitrogens with one attached hydrogen (secondary N) is 2. The zero-order chi connectivity index (χ0) is 31.3. The molecule has 1 unspecified atom stereocenters. The smallest absolute Gasteiger partial charge is 0.249 e. The van der Waals surface area contributed by atoms with E-state index in [1.165, 1.54) is 0 Å². The van der Waals surface area contributed by atoms with Gasteiger partial charge in [-0.3, -0.25) is 14.4 Å². The Morgan fingerprint density at radius 1 is 1.05 bits per heavy atom. The Bertz CT molecular complexity index is 1630. The molecule has 3 amide bonds. The third-order valence-electron chi connectivity index (χ3n) is 7.90. The zero-order valence-electron chi connectivity index (χ0n) is 25.3. The number of furan rings is 1. The lowest BCUT2D eigenvalue weighted by Crippen LogP contribution is -2.50. The average molecular weight is 595 g/mol. The predicted molar refractivity (Wildman–Crippen MR) is 169 cm³/mol. The minimum absolute atomic E-state index is 0.174. The van der Waals surface area contributed by atoms with E-state index in [0.29, 0.717) is 37.2 Å². The fourth-order valence-corrected chi connectivity index (χ4v) is 5.55. The Kier molecular flexibility index (Phi) is 9.15. The van der Waals surface area contributed by atoms with Gasteiger partial charge in [-0.05, 0) is 85.3 Å². The van der Waals surface area contributed by atoms with Crippen molar-refractivity contribution in [2.24, 2.45) is 5.73 Å². The summed E-state index contributed by atoms with van der Waals surface area (Å²) < 4.78 is 10.9. The van der Waals surface area contributed by atoms with E-state index in [0.717, 1.165) is 33.7 Å². The average Bonchev–Trinajstić information content (AvgIpc) is 3.51. The summed E-state index contributed by atoms with van der Waals surface area (Å²) in [5, 5.41) is 6.37. The second-order valence-electron chi connectivity index (χ2n) is 11.7. The van der Waals surface area contributed by atoms with Crippen LogP contribution >= 0.6 is 0 Å². The van der Waals surface area contributed by atoms with Crippen LogP contribution in [-0.4, -0.2) is 36.4 Å². The van der Waals surface area contributed by atoms with E-state index in [-0.39, 0.29) is 18.2 Å². The van der Waals surface area contributed by atoms with E-state index in [9.17, 15) is 14.4 Å². The molecule has 44 heavy (non-hydrogen) atoms. The van der Waals surface area contributed by atoms with Gasteiger partial charge in [-0.15, -0.1) is 0 Å². The van der Waals surface area contributed by atoms with Crippen molar-refractivity contribution >= 4 is 23.4 Å². The van der Waals surface area contributed by atoms with Gasteiger partial charge in [0.15, 0.2) is 0 Å². The molecule has 4 N–H and O–H groups in total. The van der Waals surface area contributed by atoms with Gasteiger partial charge in [0.1, 0.15) is 17.6 Å². The van der Waals surface area contributed by atoms with E-state index < -0.39 is 17.5 Å². The molecular formula is C35H38N4O5. The minimum Gasteiger partial charge on any atom is -0.497 e. The van der Waals surface area contributed by atoms with Crippen LogP contribution in [0.1, 0.15) is 53.9 Å². The number of hydrogen-bond acceptors (Lipinski definition) is 6. The molecule has 0 aliphatic carbocycles. The number of aryl methyl sites for hydroxylation is 1. The summed E-state index contributed by atoms with van der Waals surface area (Å²) in [6.45, 7) is 4.70. The van der Waals surface area contributed by atoms with E-state index in [1.807, 2.05) is 80.6 Å².